The number of piperidine rings is 1. The normalized spacial score (nSPS) is 14.7. The number of aromatic nitrogens is 4. The van der Waals surface area contributed by atoms with Crippen LogP contribution in [0.4, 0.5) is 4.79 Å². The summed E-state index contributed by atoms with van der Waals surface area (Å²) in [5, 5.41) is 23.6. The third-order valence-electron chi connectivity index (χ3n) is 10.3. The van der Waals surface area contributed by atoms with Crippen LogP contribution < -0.4 is 10.6 Å². The molecule has 1 fully saturated rings. The Bertz CT molecular complexity index is 2290. The molecule has 3 amide bonds. The van der Waals surface area contributed by atoms with Crippen LogP contribution in [0.5, 0.6) is 0 Å². The van der Waals surface area contributed by atoms with Crippen LogP contribution in [-0.4, -0.2) is 67.7 Å². The van der Waals surface area contributed by atoms with E-state index in [1.165, 1.54) is 0 Å². The highest BCUT2D eigenvalue weighted by Crippen LogP contribution is 2.24. The fourth-order valence-corrected chi connectivity index (χ4v) is 7.33. The van der Waals surface area contributed by atoms with E-state index in [2.05, 4.69) is 74.7 Å². The lowest BCUT2D eigenvalue weighted by molar-refractivity contribution is -0.132. The molecule has 5 aromatic carbocycles. The molecule has 0 radical (unpaired) electrons. The topological polar surface area (TPSA) is 131 Å². The molecule has 0 saturated carbocycles. The molecule has 1 aliphatic heterocycles. The first-order valence-electron chi connectivity index (χ1n) is 19.4. The number of nitrogens with one attached hydrogen (secondary N) is 2. The number of carbonyl (C=O) groups excluding carboxylic acids is 3. The summed E-state index contributed by atoms with van der Waals surface area (Å²) >= 11 is 0. The molecule has 11 nitrogen and oxygen atoms in total. The fraction of sp³-hybridized carbons (Fsp3) is 0.333. The van der Waals surface area contributed by atoms with E-state index in [0.717, 1.165) is 38.2 Å². The highest BCUT2D eigenvalue weighted by molar-refractivity contribution is 5.90. The van der Waals surface area contributed by atoms with Gasteiger partial charge in [-0.3, -0.25) is 9.59 Å². The van der Waals surface area contributed by atoms with Crippen LogP contribution in [0.25, 0.3) is 21.5 Å². The average Bonchev–Trinajstić information content (AvgIpc) is 3.68. The zero-order chi connectivity index (χ0) is 39.1. The van der Waals surface area contributed by atoms with E-state index < -0.39 is 17.7 Å². The lowest BCUT2D eigenvalue weighted by Gasteiger charge is -2.33. The maximum Gasteiger partial charge on any atom is 0.410 e. The van der Waals surface area contributed by atoms with Gasteiger partial charge in [-0.2, -0.15) is 0 Å². The number of rotatable bonds is 12. The zero-order valence-electron chi connectivity index (χ0n) is 32.2. The van der Waals surface area contributed by atoms with E-state index in [9.17, 15) is 14.4 Å². The van der Waals surface area contributed by atoms with Crippen molar-refractivity contribution in [2.45, 2.75) is 77.1 Å². The summed E-state index contributed by atoms with van der Waals surface area (Å²) in [6, 6.07) is 37.3. The van der Waals surface area contributed by atoms with Crippen molar-refractivity contribution in [2.75, 3.05) is 13.1 Å². The third kappa shape index (κ3) is 9.76. The standard InChI is InChI=1S/C45H49N7O4/c1-45(2,3)56-44(55)51-24-22-36(23-25-51)42(53)47-40(30-33-18-20-35-14-8-10-16-38(35)28-33)43(54)46-39(29-32-17-19-34-13-7-9-15-37(34)27-32)41-48-49-50-52(41)26-21-31-11-5-4-6-12-31/h4-20,27-28,36,39-40H,21-26,29-30H2,1-3H3,(H,46,54)(H,47,53). The van der Waals surface area contributed by atoms with Crippen molar-refractivity contribution in [3.05, 3.63) is 138 Å². The summed E-state index contributed by atoms with van der Waals surface area (Å²) in [6.45, 7) is 6.83. The van der Waals surface area contributed by atoms with Crippen LogP contribution in [0.1, 0.15) is 62.2 Å². The predicted molar refractivity (Wildman–Crippen MR) is 217 cm³/mol. The minimum absolute atomic E-state index is 0.214. The predicted octanol–water partition coefficient (Wildman–Crippen LogP) is 7.00. The number of benzene rings is 5. The van der Waals surface area contributed by atoms with E-state index in [4.69, 9.17) is 4.74 Å². The Kier molecular flexibility index (Phi) is 11.7. The zero-order valence-corrected chi connectivity index (χ0v) is 32.2. The number of likely N-dealkylation sites (tertiary alicyclic amines) is 1. The minimum Gasteiger partial charge on any atom is -0.444 e. The van der Waals surface area contributed by atoms with Crippen LogP contribution in [0, 0.1) is 5.92 Å². The Balaban J connectivity index is 1.14. The first-order chi connectivity index (χ1) is 27.1. The summed E-state index contributed by atoms with van der Waals surface area (Å²) in [7, 11) is 0. The summed E-state index contributed by atoms with van der Waals surface area (Å²) in [5.41, 5.74) is 2.48. The number of nitrogens with zero attached hydrogens (tertiary/aromatic N) is 5. The quantitative estimate of drug-likeness (QED) is 0.138. The second kappa shape index (κ2) is 17.1. The molecule has 1 aliphatic rings. The molecule has 0 aliphatic carbocycles. The van der Waals surface area contributed by atoms with Crippen LogP contribution in [0.3, 0.4) is 0 Å². The molecular formula is C45H49N7O4. The van der Waals surface area contributed by atoms with Gasteiger partial charge in [0.2, 0.25) is 11.8 Å². The van der Waals surface area contributed by atoms with E-state index in [-0.39, 0.29) is 30.2 Å². The summed E-state index contributed by atoms with van der Waals surface area (Å²) in [6.07, 6.45) is 1.98. The number of tetrazole rings is 1. The number of fused-ring (bicyclic) bond motifs is 2. The van der Waals surface area contributed by atoms with Crippen molar-refractivity contribution in [2.24, 2.45) is 5.92 Å². The molecule has 1 saturated heterocycles. The van der Waals surface area contributed by atoms with Crippen LogP contribution in [0.15, 0.2) is 115 Å². The van der Waals surface area contributed by atoms with Gasteiger partial charge >= 0.3 is 6.09 Å². The van der Waals surface area contributed by atoms with E-state index >= 15 is 0 Å². The van der Waals surface area contributed by atoms with Crippen LogP contribution in [0.2, 0.25) is 0 Å². The van der Waals surface area contributed by atoms with E-state index in [0.29, 0.717) is 51.1 Å². The minimum atomic E-state index is -0.889. The molecule has 7 rings (SSSR count). The molecule has 2 heterocycles. The van der Waals surface area contributed by atoms with Gasteiger partial charge in [-0.1, -0.05) is 115 Å². The number of ether oxygens (including phenoxy) is 1. The molecule has 0 bridgehead atoms. The van der Waals surface area contributed by atoms with Crippen LogP contribution in [-0.2, 0) is 40.1 Å². The molecule has 56 heavy (non-hydrogen) atoms. The first-order valence-corrected chi connectivity index (χ1v) is 19.4. The van der Waals surface area contributed by atoms with Gasteiger partial charge in [-0.15, -0.1) is 5.10 Å². The molecular weight excluding hydrogens is 703 g/mol. The van der Waals surface area contributed by atoms with Gasteiger partial charge in [0.1, 0.15) is 11.6 Å². The molecule has 288 valence electrons. The van der Waals surface area contributed by atoms with Crippen molar-refractivity contribution < 1.29 is 19.1 Å². The molecule has 2 unspecified atom stereocenters. The average molecular weight is 752 g/mol. The van der Waals surface area contributed by atoms with Gasteiger partial charge in [0.05, 0.1) is 6.04 Å². The molecule has 11 heteroatoms. The molecule has 1 aromatic heterocycles. The number of amides is 3. The first kappa shape index (κ1) is 38.2. The Morgan fingerprint density at radius 1 is 0.732 bits per heavy atom. The van der Waals surface area contributed by atoms with E-state index in [1.807, 2.05) is 87.5 Å². The SMILES string of the molecule is CC(C)(C)OC(=O)N1CCC(C(=O)NC(Cc2ccc3ccccc3c2)C(=O)NC(Cc2ccc3ccccc3c2)c2nnnn2CCc2ccccc2)CC1. The third-order valence-corrected chi connectivity index (χ3v) is 10.3. The van der Waals surface area contributed by atoms with Crippen molar-refractivity contribution in [1.29, 1.82) is 0 Å². The van der Waals surface area contributed by atoms with Gasteiger partial charge in [0.25, 0.3) is 0 Å². The van der Waals surface area contributed by atoms with Crippen molar-refractivity contribution in [3.8, 4) is 0 Å². The summed E-state index contributed by atoms with van der Waals surface area (Å²) < 4.78 is 7.32. The Labute approximate surface area is 327 Å². The fourth-order valence-electron chi connectivity index (χ4n) is 7.33. The van der Waals surface area contributed by atoms with Crippen molar-refractivity contribution >= 4 is 39.5 Å². The monoisotopic (exact) mass is 751 g/mol. The summed E-state index contributed by atoms with van der Waals surface area (Å²) in [4.78, 5) is 43.0. The van der Waals surface area contributed by atoms with Gasteiger partial charge < -0.3 is 20.3 Å². The number of hydrogen-bond acceptors (Lipinski definition) is 7. The Hall–Kier alpha value is -6.10. The van der Waals surface area contributed by atoms with Gasteiger partial charge in [0, 0.05) is 38.4 Å². The second-order valence-corrected chi connectivity index (χ2v) is 15.6. The Morgan fingerprint density at radius 2 is 1.32 bits per heavy atom. The maximum absolute atomic E-state index is 14.6. The van der Waals surface area contributed by atoms with Crippen LogP contribution >= 0.6 is 0 Å². The molecule has 2 N–H and O–H groups in total. The van der Waals surface area contributed by atoms with Crippen molar-refractivity contribution in [3.63, 3.8) is 0 Å². The maximum atomic E-state index is 14.6. The summed E-state index contributed by atoms with van der Waals surface area (Å²) in [5.74, 6) is -0.373. The largest absolute Gasteiger partial charge is 0.444 e. The molecule has 2 atom stereocenters. The van der Waals surface area contributed by atoms with Gasteiger partial charge in [0.15, 0.2) is 5.82 Å². The Morgan fingerprint density at radius 3 is 1.95 bits per heavy atom. The molecule has 6 aromatic rings. The number of carbonyl (C=O) groups is 3. The number of aryl methyl sites for hydroxylation is 2. The highest BCUT2D eigenvalue weighted by atomic mass is 16.6. The van der Waals surface area contributed by atoms with Crippen molar-refractivity contribution in [1.82, 2.24) is 35.7 Å². The lowest BCUT2D eigenvalue weighted by Crippen LogP contribution is -2.52. The number of hydrogen-bond donors (Lipinski definition) is 2. The molecule has 0 spiro atoms. The van der Waals surface area contributed by atoms with Gasteiger partial charge in [-0.05, 0) is 88.7 Å². The van der Waals surface area contributed by atoms with E-state index in [1.54, 1.807) is 9.58 Å². The highest BCUT2D eigenvalue weighted by Gasteiger charge is 2.33. The lowest BCUT2D eigenvalue weighted by atomic mass is 9.94. The van der Waals surface area contributed by atoms with Gasteiger partial charge in [-0.25, -0.2) is 9.48 Å². The second-order valence-electron chi connectivity index (χ2n) is 15.6. The smallest absolute Gasteiger partial charge is 0.410 e.